The Morgan fingerprint density at radius 3 is 1.44 bits per heavy atom. The molecule has 52 heavy (non-hydrogen) atoms. The fourth-order valence-corrected chi connectivity index (χ4v) is 7.76. The maximum Gasteiger partial charge on any atom is 0.136 e. The van der Waals surface area contributed by atoms with Crippen LogP contribution in [0.25, 0.3) is 65.4 Å². The van der Waals surface area contributed by atoms with Crippen LogP contribution in [0.4, 0.5) is 28.4 Å². The predicted molar refractivity (Wildman–Crippen MR) is 219 cm³/mol. The standard InChI is InChI=1S/C48H36N2O2/c1-28-5-11-36(12-6-28)49-37-13-9-32-22-41-43-26-48-44(27-47(43)51-45(41)24-34(32)20-37)42-23-33-10-16-39(21-35(33)25-46(42)52-48)50(38-14-7-29(2)8-15-38)40-18-30(3)17-31(4)19-40/h5-27,49H,1-4H3. The van der Waals surface area contributed by atoms with Gasteiger partial charge in [-0.1, -0.05) is 53.6 Å². The van der Waals surface area contributed by atoms with Crippen molar-refractivity contribution in [3.05, 3.63) is 162 Å². The number of aryl methyl sites for hydroxylation is 4. The normalized spacial score (nSPS) is 11.8. The molecule has 2 heterocycles. The predicted octanol–water partition coefficient (Wildman–Crippen LogP) is 14.2. The van der Waals surface area contributed by atoms with Crippen molar-refractivity contribution in [1.29, 1.82) is 0 Å². The highest BCUT2D eigenvalue weighted by atomic mass is 16.3. The lowest BCUT2D eigenvalue weighted by Crippen LogP contribution is -2.10. The van der Waals surface area contributed by atoms with E-state index in [-0.39, 0.29) is 0 Å². The molecular formula is C48H36N2O2. The smallest absolute Gasteiger partial charge is 0.136 e. The number of benzene rings is 8. The van der Waals surface area contributed by atoms with Crippen LogP contribution in [-0.4, -0.2) is 0 Å². The van der Waals surface area contributed by atoms with Crippen LogP contribution in [0, 0.1) is 27.7 Å². The molecule has 10 aromatic rings. The van der Waals surface area contributed by atoms with Crippen molar-refractivity contribution < 1.29 is 8.83 Å². The Kier molecular flexibility index (Phi) is 6.71. The highest BCUT2D eigenvalue weighted by molar-refractivity contribution is 6.18. The Morgan fingerprint density at radius 1 is 0.346 bits per heavy atom. The quantitative estimate of drug-likeness (QED) is 0.198. The number of nitrogens with zero attached hydrogens (tertiary/aromatic N) is 1. The van der Waals surface area contributed by atoms with Gasteiger partial charge in [0.05, 0.1) is 0 Å². The average molecular weight is 673 g/mol. The van der Waals surface area contributed by atoms with E-state index in [1.165, 1.54) is 22.3 Å². The van der Waals surface area contributed by atoms with E-state index in [4.69, 9.17) is 8.83 Å². The summed E-state index contributed by atoms with van der Waals surface area (Å²) in [7, 11) is 0. The van der Waals surface area contributed by atoms with E-state index in [1.54, 1.807) is 0 Å². The first kappa shape index (κ1) is 30.3. The molecule has 0 saturated carbocycles. The third-order valence-corrected chi connectivity index (χ3v) is 10.3. The van der Waals surface area contributed by atoms with Gasteiger partial charge >= 0.3 is 0 Å². The molecule has 1 N–H and O–H groups in total. The summed E-state index contributed by atoms with van der Waals surface area (Å²) in [5, 5.41) is 12.4. The van der Waals surface area contributed by atoms with Crippen LogP contribution in [0.1, 0.15) is 22.3 Å². The molecule has 0 unspecified atom stereocenters. The molecule has 0 saturated heterocycles. The van der Waals surface area contributed by atoms with E-state index in [0.29, 0.717) is 0 Å². The number of fused-ring (bicyclic) bond motifs is 8. The maximum atomic E-state index is 6.60. The van der Waals surface area contributed by atoms with Gasteiger partial charge in [-0.2, -0.15) is 0 Å². The van der Waals surface area contributed by atoms with Gasteiger partial charge in [-0.05, 0) is 157 Å². The van der Waals surface area contributed by atoms with E-state index in [2.05, 4.69) is 177 Å². The van der Waals surface area contributed by atoms with Crippen molar-refractivity contribution in [2.75, 3.05) is 10.2 Å². The average Bonchev–Trinajstić information content (AvgIpc) is 3.65. The monoisotopic (exact) mass is 672 g/mol. The lowest BCUT2D eigenvalue weighted by molar-refractivity contribution is 0.664. The summed E-state index contributed by atoms with van der Waals surface area (Å²) in [6.45, 7) is 8.54. The summed E-state index contributed by atoms with van der Waals surface area (Å²) in [5.41, 5.74) is 13.9. The summed E-state index contributed by atoms with van der Waals surface area (Å²) in [6.07, 6.45) is 0. The number of furan rings is 2. The van der Waals surface area contributed by atoms with Gasteiger partial charge in [0.25, 0.3) is 0 Å². The largest absolute Gasteiger partial charge is 0.456 e. The molecule has 0 radical (unpaired) electrons. The van der Waals surface area contributed by atoms with Crippen LogP contribution >= 0.6 is 0 Å². The summed E-state index contributed by atoms with van der Waals surface area (Å²) >= 11 is 0. The van der Waals surface area contributed by atoms with Gasteiger partial charge in [-0.25, -0.2) is 0 Å². The molecule has 2 aromatic heterocycles. The van der Waals surface area contributed by atoms with Crippen molar-refractivity contribution in [2.24, 2.45) is 0 Å². The first-order valence-electron chi connectivity index (χ1n) is 17.8. The molecule has 0 fully saturated rings. The van der Waals surface area contributed by atoms with Gasteiger partial charge in [-0.15, -0.1) is 0 Å². The Hall–Kier alpha value is -6.52. The van der Waals surface area contributed by atoms with E-state index < -0.39 is 0 Å². The molecular weight excluding hydrogens is 637 g/mol. The Labute approximate surface area is 301 Å². The topological polar surface area (TPSA) is 41.6 Å². The second kappa shape index (κ2) is 11.5. The zero-order chi connectivity index (χ0) is 35.1. The number of hydrogen-bond donors (Lipinski definition) is 1. The fraction of sp³-hybridized carbons (Fsp3) is 0.0833. The van der Waals surface area contributed by atoms with Crippen molar-refractivity contribution in [3.8, 4) is 0 Å². The molecule has 10 rings (SSSR count). The van der Waals surface area contributed by atoms with E-state index in [0.717, 1.165) is 93.9 Å². The Bertz CT molecular complexity index is 3000. The van der Waals surface area contributed by atoms with Crippen molar-refractivity contribution in [3.63, 3.8) is 0 Å². The molecule has 250 valence electrons. The van der Waals surface area contributed by atoms with Gasteiger partial charge < -0.3 is 19.1 Å². The van der Waals surface area contributed by atoms with Crippen LogP contribution in [0.15, 0.2) is 148 Å². The van der Waals surface area contributed by atoms with Gasteiger partial charge in [0.2, 0.25) is 0 Å². The molecule has 4 nitrogen and oxygen atoms in total. The highest BCUT2D eigenvalue weighted by Crippen LogP contribution is 2.41. The number of rotatable bonds is 5. The van der Waals surface area contributed by atoms with E-state index in [1.807, 2.05) is 0 Å². The third kappa shape index (κ3) is 5.15. The van der Waals surface area contributed by atoms with Crippen LogP contribution in [-0.2, 0) is 0 Å². The minimum Gasteiger partial charge on any atom is -0.456 e. The molecule has 0 atom stereocenters. The molecule has 4 heteroatoms. The van der Waals surface area contributed by atoms with E-state index in [9.17, 15) is 0 Å². The fourth-order valence-electron chi connectivity index (χ4n) is 7.76. The van der Waals surface area contributed by atoms with Crippen LogP contribution < -0.4 is 10.2 Å². The second-order valence-corrected chi connectivity index (χ2v) is 14.3. The molecule has 0 aliphatic heterocycles. The maximum absolute atomic E-state index is 6.60. The molecule has 8 aromatic carbocycles. The van der Waals surface area contributed by atoms with Crippen LogP contribution in [0.5, 0.6) is 0 Å². The van der Waals surface area contributed by atoms with Gasteiger partial charge in [0, 0.05) is 50.0 Å². The van der Waals surface area contributed by atoms with Crippen molar-refractivity contribution >= 4 is 93.9 Å². The summed E-state index contributed by atoms with van der Waals surface area (Å²) < 4.78 is 13.1. The summed E-state index contributed by atoms with van der Waals surface area (Å²) in [4.78, 5) is 2.34. The van der Waals surface area contributed by atoms with Crippen LogP contribution in [0.3, 0.4) is 0 Å². The van der Waals surface area contributed by atoms with Gasteiger partial charge in [-0.3, -0.25) is 0 Å². The van der Waals surface area contributed by atoms with Gasteiger partial charge in [0.1, 0.15) is 22.3 Å². The number of nitrogens with one attached hydrogen (secondary N) is 1. The molecule has 0 amide bonds. The van der Waals surface area contributed by atoms with Crippen molar-refractivity contribution in [2.45, 2.75) is 27.7 Å². The molecule has 0 bridgehead atoms. The second-order valence-electron chi connectivity index (χ2n) is 14.3. The lowest BCUT2D eigenvalue weighted by atomic mass is 10.0. The number of anilines is 5. The van der Waals surface area contributed by atoms with E-state index >= 15 is 0 Å². The Morgan fingerprint density at radius 2 is 0.827 bits per heavy atom. The highest BCUT2D eigenvalue weighted by Gasteiger charge is 2.17. The van der Waals surface area contributed by atoms with Crippen molar-refractivity contribution in [1.82, 2.24) is 0 Å². The summed E-state index contributed by atoms with van der Waals surface area (Å²) in [6, 6.07) is 50.2. The minimum atomic E-state index is 0.856. The lowest BCUT2D eigenvalue weighted by Gasteiger charge is -2.26. The van der Waals surface area contributed by atoms with Gasteiger partial charge in [0.15, 0.2) is 0 Å². The first-order chi connectivity index (χ1) is 25.3. The number of hydrogen-bond acceptors (Lipinski definition) is 4. The Balaban J connectivity index is 1.06. The minimum absolute atomic E-state index is 0.856. The SMILES string of the molecule is Cc1ccc(Nc2ccc3cc4c(cc3c2)oc2cc3c(cc24)oc2cc4cc(N(c5ccc(C)cc5)c5cc(C)cc(C)c5)ccc4cc23)cc1. The third-order valence-electron chi connectivity index (χ3n) is 10.3. The molecule has 0 aliphatic rings. The first-order valence-corrected chi connectivity index (χ1v) is 17.8. The van der Waals surface area contributed by atoms with Crippen LogP contribution in [0.2, 0.25) is 0 Å². The molecule has 0 spiro atoms. The zero-order valence-corrected chi connectivity index (χ0v) is 29.5. The zero-order valence-electron chi connectivity index (χ0n) is 29.5. The molecule has 0 aliphatic carbocycles. The summed E-state index contributed by atoms with van der Waals surface area (Å²) in [5.74, 6) is 0.